The molecule has 0 radical (unpaired) electrons. The molecule has 1 N–H and O–H groups in total. The number of imide groups is 1. The second-order valence-electron chi connectivity index (χ2n) is 6.74. The van der Waals surface area contributed by atoms with Crippen molar-refractivity contribution in [1.82, 2.24) is 4.90 Å². The number of carbonyl (C=O) groups excluding carboxylic acids is 4. The second kappa shape index (κ2) is 8.69. The average Bonchev–Trinajstić information content (AvgIpc) is 3.00. The van der Waals surface area contributed by atoms with Gasteiger partial charge < -0.3 is 10.2 Å². The van der Waals surface area contributed by atoms with Gasteiger partial charge in [0, 0.05) is 19.2 Å². The molecule has 8 heteroatoms. The summed E-state index contributed by atoms with van der Waals surface area (Å²) in [5, 5.41) is 2.60. The monoisotopic (exact) mass is 409 g/mol. The molecule has 0 aliphatic carbocycles. The van der Waals surface area contributed by atoms with Gasteiger partial charge in [0.1, 0.15) is 11.9 Å². The molecule has 1 atom stereocenters. The van der Waals surface area contributed by atoms with E-state index in [2.05, 4.69) is 11.9 Å². The highest BCUT2D eigenvalue weighted by atomic mass is 19.1. The maximum atomic E-state index is 14.1. The zero-order valence-electron chi connectivity index (χ0n) is 16.3. The molecule has 2 aromatic rings. The van der Waals surface area contributed by atoms with E-state index in [0.717, 1.165) is 15.9 Å². The fraction of sp³-hybridized carbons (Fsp3) is 0.182. The summed E-state index contributed by atoms with van der Waals surface area (Å²) in [4.78, 5) is 51.8. The summed E-state index contributed by atoms with van der Waals surface area (Å²) < 4.78 is 14.1. The highest BCUT2D eigenvalue weighted by Gasteiger charge is 2.44. The van der Waals surface area contributed by atoms with Crippen molar-refractivity contribution in [3.05, 3.63) is 72.6 Å². The van der Waals surface area contributed by atoms with Crippen LogP contribution in [0.15, 0.2) is 61.2 Å². The van der Waals surface area contributed by atoms with Crippen LogP contribution in [-0.4, -0.2) is 41.1 Å². The normalized spacial score (nSPS) is 15.8. The molecule has 1 fully saturated rings. The molecule has 1 unspecified atom stereocenters. The Labute approximate surface area is 172 Å². The highest BCUT2D eigenvalue weighted by molar-refractivity contribution is 6.23. The first kappa shape index (κ1) is 20.9. The minimum absolute atomic E-state index is 0.0217. The van der Waals surface area contributed by atoms with Gasteiger partial charge in [-0.05, 0) is 36.4 Å². The summed E-state index contributed by atoms with van der Waals surface area (Å²) in [6.07, 6.45) is 1.20. The summed E-state index contributed by atoms with van der Waals surface area (Å²) in [7, 11) is 0. The number of hydrogen-bond donors (Lipinski definition) is 1. The lowest BCUT2D eigenvalue weighted by molar-refractivity contribution is -0.122. The zero-order valence-corrected chi connectivity index (χ0v) is 16.3. The molecule has 0 spiro atoms. The summed E-state index contributed by atoms with van der Waals surface area (Å²) >= 11 is 0. The first-order valence-electron chi connectivity index (χ1n) is 9.24. The Hall–Kier alpha value is -3.81. The molecule has 30 heavy (non-hydrogen) atoms. The van der Waals surface area contributed by atoms with Crippen LogP contribution >= 0.6 is 0 Å². The second-order valence-corrected chi connectivity index (χ2v) is 6.74. The van der Waals surface area contributed by atoms with Gasteiger partial charge in [0.2, 0.25) is 11.8 Å². The van der Waals surface area contributed by atoms with E-state index in [1.165, 1.54) is 43.3 Å². The third-order valence-corrected chi connectivity index (χ3v) is 4.64. The molecule has 1 heterocycles. The highest BCUT2D eigenvalue weighted by Crippen LogP contribution is 2.28. The van der Waals surface area contributed by atoms with E-state index >= 15 is 0 Å². The van der Waals surface area contributed by atoms with Crippen LogP contribution in [-0.2, 0) is 14.4 Å². The Morgan fingerprint density at radius 2 is 1.87 bits per heavy atom. The lowest BCUT2D eigenvalue weighted by Gasteiger charge is -2.26. The number of carbonyl (C=O) groups is 4. The molecule has 2 aromatic carbocycles. The minimum Gasteiger partial charge on any atom is -0.326 e. The van der Waals surface area contributed by atoms with Gasteiger partial charge in [-0.15, -0.1) is 6.58 Å². The van der Waals surface area contributed by atoms with Gasteiger partial charge in [-0.25, -0.2) is 9.29 Å². The van der Waals surface area contributed by atoms with Crippen LogP contribution in [0.4, 0.5) is 15.8 Å². The van der Waals surface area contributed by atoms with Crippen molar-refractivity contribution in [2.24, 2.45) is 0 Å². The first-order valence-corrected chi connectivity index (χ1v) is 9.24. The van der Waals surface area contributed by atoms with Gasteiger partial charge in [-0.2, -0.15) is 0 Å². The summed E-state index contributed by atoms with van der Waals surface area (Å²) in [5.74, 6) is -2.71. The van der Waals surface area contributed by atoms with Gasteiger partial charge >= 0.3 is 0 Å². The SMILES string of the molecule is C=CCN(C(=O)c1ccccc1F)C1CC(=O)N(c2ccc(NC(C)=O)cc2)C1=O. The Morgan fingerprint density at radius 3 is 2.47 bits per heavy atom. The van der Waals surface area contributed by atoms with Gasteiger partial charge in [0.05, 0.1) is 17.7 Å². The van der Waals surface area contributed by atoms with Crippen LogP contribution in [0.5, 0.6) is 0 Å². The maximum absolute atomic E-state index is 14.1. The first-order chi connectivity index (χ1) is 14.3. The lowest BCUT2D eigenvalue weighted by Crippen LogP contribution is -2.45. The fourth-order valence-electron chi connectivity index (χ4n) is 3.31. The van der Waals surface area contributed by atoms with Gasteiger partial charge in [0.25, 0.3) is 11.8 Å². The van der Waals surface area contributed by atoms with Crippen molar-refractivity contribution >= 4 is 35.0 Å². The van der Waals surface area contributed by atoms with Crippen molar-refractivity contribution in [3.8, 4) is 0 Å². The van der Waals surface area contributed by atoms with E-state index in [9.17, 15) is 23.6 Å². The third-order valence-electron chi connectivity index (χ3n) is 4.64. The molecule has 1 saturated heterocycles. The van der Waals surface area contributed by atoms with Crippen LogP contribution in [0.1, 0.15) is 23.7 Å². The zero-order chi connectivity index (χ0) is 21.8. The van der Waals surface area contributed by atoms with Gasteiger partial charge in [0.15, 0.2) is 0 Å². The van der Waals surface area contributed by atoms with E-state index in [-0.39, 0.29) is 24.4 Å². The molecule has 1 aliphatic heterocycles. The van der Waals surface area contributed by atoms with E-state index < -0.39 is 29.6 Å². The van der Waals surface area contributed by atoms with Crippen molar-refractivity contribution in [2.75, 3.05) is 16.8 Å². The predicted octanol–water partition coefficient (Wildman–Crippen LogP) is 2.74. The molecule has 0 saturated carbocycles. The van der Waals surface area contributed by atoms with Gasteiger partial charge in [-0.3, -0.25) is 19.2 Å². The summed E-state index contributed by atoms with van der Waals surface area (Å²) in [5.41, 5.74) is 0.654. The standard InChI is InChI=1S/C22H20FN3O4/c1-3-12-25(21(29)17-6-4-5-7-18(17)23)19-13-20(28)26(22(19)30)16-10-8-15(9-11-16)24-14(2)27/h3-11,19H,1,12-13H2,2H3,(H,24,27). The molecular formula is C22H20FN3O4. The number of nitrogens with one attached hydrogen (secondary N) is 1. The van der Waals surface area contributed by atoms with Crippen molar-refractivity contribution in [1.29, 1.82) is 0 Å². The lowest BCUT2D eigenvalue weighted by atomic mass is 10.1. The molecule has 154 valence electrons. The predicted molar refractivity (Wildman–Crippen MR) is 109 cm³/mol. The molecule has 0 aromatic heterocycles. The number of nitrogens with zero attached hydrogens (tertiary/aromatic N) is 2. The van der Waals surface area contributed by atoms with Crippen molar-refractivity contribution < 1.29 is 23.6 Å². The van der Waals surface area contributed by atoms with E-state index in [1.54, 1.807) is 12.1 Å². The Kier molecular flexibility index (Phi) is 6.06. The largest absolute Gasteiger partial charge is 0.326 e. The van der Waals surface area contributed by atoms with Crippen LogP contribution < -0.4 is 10.2 Å². The summed E-state index contributed by atoms with van der Waals surface area (Å²) in [6, 6.07) is 10.6. The third kappa shape index (κ3) is 4.12. The van der Waals surface area contributed by atoms with Crippen LogP contribution in [0.25, 0.3) is 0 Å². The molecular weight excluding hydrogens is 389 g/mol. The number of halogens is 1. The molecule has 3 rings (SSSR count). The Bertz CT molecular complexity index is 1020. The maximum Gasteiger partial charge on any atom is 0.257 e. The van der Waals surface area contributed by atoms with Crippen molar-refractivity contribution in [2.45, 2.75) is 19.4 Å². The van der Waals surface area contributed by atoms with Crippen LogP contribution in [0, 0.1) is 5.82 Å². The molecule has 7 nitrogen and oxygen atoms in total. The number of rotatable bonds is 6. The van der Waals surface area contributed by atoms with E-state index in [0.29, 0.717) is 11.4 Å². The smallest absolute Gasteiger partial charge is 0.257 e. The molecule has 0 bridgehead atoms. The number of amides is 4. The number of benzene rings is 2. The fourth-order valence-corrected chi connectivity index (χ4v) is 3.31. The number of hydrogen-bond acceptors (Lipinski definition) is 4. The van der Waals surface area contributed by atoms with E-state index in [4.69, 9.17) is 0 Å². The topological polar surface area (TPSA) is 86.8 Å². The quantitative estimate of drug-likeness (QED) is 0.587. The average molecular weight is 409 g/mol. The van der Waals surface area contributed by atoms with Crippen LogP contribution in [0.3, 0.4) is 0 Å². The van der Waals surface area contributed by atoms with Gasteiger partial charge in [-0.1, -0.05) is 18.2 Å². The van der Waals surface area contributed by atoms with E-state index in [1.807, 2.05) is 0 Å². The molecule has 4 amide bonds. The number of anilines is 2. The van der Waals surface area contributed by atoms with Crippen molar-refractivity contribution in [3.63, 3.8) is 0 Å². The van der Waals surface area contributed by atoms with Crippen LogP contribution in [0.2, 0.25) is 0 Å². The molecule has 1 aliphatic rings. The Balaban J connectivity index is 1.87. The Morgan fingerprint density at radius 1 is 1.20 bits per heavy atom. The summed E-state index contributed by atoms with van der Waals surface area (Å²) in [6.45, 7) is 4.94. The minimum atomic E-state index is -1.07.